The van der Waals surface area contributed by atoms with Gasteiger partial charge < -0.3 is 5.32 Å². The minimum atomic E-state index is -3.61. The minimum absolute atomic E-state index is 0.136. The first-order valence-electron chi connectivity index (χ1n) is 9.44. The maximum absolute atomic E-state index is 12.7. The fourth-order valence-corrected chi connectivity index (χ4v) is 4.18. The van der Waals surface area contributed by atoms with Crippen molar-refractivity contribution < 1.29 is 13.2 Å². The fraction of sp³-hybridized carbons (Fsp3) is 0.409. The van der Waals surface area contributed by atoms with E-state index < -0.39 is 10.0 Å². The number of amides is 1. The Kier molecular flexibility index (Phi) is 6.88. The highest BCUT2D eigenvalue weighted by atomic mass is 32.2. The number of hydrogen-bond donors (Lipinski definition) is 1. The molecule has 0 bridgehead atoms. The van der Waals surface area contributed by atoms with E-state index in [1.807, 2.05) is 65.0 Å². The van der Waals surface area contributed by atoms with E-state index in [9.17, 15) is 13.2 Å². The van der Waals surface area contributed by atoms with Crippen LogP contribution in [0.2, 0.25) is 0 Å². The van der Waals surface area contributed by atoms with Crippen LogP contribution in [0.5, 0.6) is 0 Å². The molecule has 28 heavy (non-hydrogen) atoms. The molecule has 152 valence electrons. The summed E-state index contributed by atoms with van der Waals surface area (Å²) in [5.74, 6) is -0.199. The number of carbonyl (C=O) groups is 1. The van der Waals surface area contributed by atoms with E-state index in [1.165, 1.54) is 4.31 Å². The van der Waals surface area contributed by atoms with Crippen LogP contribution >= 0.6 is 0 Å². The number of rotatable bonds is 7. The Morgan fingerprint density at radius 2 is 1.68 bits per heavy atom. The SMILES string of the molecule is Cc1ccc(C)c([C@H](C)NC(=O)CN(c2ccccc2C(C)C)S(C)(=O)=O)c1. The third-order valence-corrected chi connectivity index (χ3v) is 5.92. The van der Waals surface area contributed by atoms with Crippen LogP contribution in [-0.4, -0.2) is 27.1 Å². The van der Waals surface area contributed by atoms with Gasteiger partial charge in [-0.2, -0.15) is 0 Å². The topological polar surface area (TPSA) is 66.5 Å². The summed E-state index contributed by atoms with van der Waals surface area (Å²) in [6.45, 7) is 9.67. The maximum Gasteiger partial charge on any atom is 0.241 e. The van der Waals surface area contributed by atoms with Crippen LogP contribution in [0.15, 0.2) is 42.5 Å². The standard InChI is InChI=1S/C22H30N2O3S/c1-15(2)19-9-7-8-10-21(19)24(28(6,26)27)14-22(25)23-18(5)20-13-16(3)11-12-17(20)4/h7-13,15,18H,14H2,1-6H3,(H,23,25)/t18-/m0/s1. The van der Waals surface area contributed by atoms with E-state index in [0.717, 1.165) is 28.5 Å². The molecule has 1 atom stereocenters. The van der Waals surface area contributed by atoms with Gasteiger partial charge in [0, 0.05) is 0 Å². The Bertz CT molecular complexity index is 952. The molecule has 0 aromatic heterocycles. The molecule has 0 aliphatic rings. The predicted octanol–water partition coefficient (Wildman–Crippen LogP) is 4.07. The fourth-order valence-electron chi connectivity index (χ4n) is 3.31. The molecule has 0 fully saturated rings. The largest absolute Gasteiger partial charge is 0.348 e. The second kappa shape index (κ2) is 8.78. The quantitative estimate of drug-likeness (QED) is 0.759. The van der Waals surface area contributed by atoms with Crippen LogP contribution in [0.3, 0.4) is 0 Å². The van der Waals surface area contributed by atoms with Crippen molar-refractivity contribution in [3.63, 3.8) is 0 Å². The number of nitrogens with zero attached hydrogens (tertiary/aromatic N) is 1. The monoisotopic (exact) mass is 402 g/mol. The first kappa shape index (κ1) is 22.0. The van der Waals surface area contributed by atoms with Gasteiger partial charge in [-0.1, -0.05) is 55.8 Å². The summed E-state index contributed by atoms with van der Waals surface area (Å²) >= 11 is 0. The average molecular weight is 403 g/mol. The molecule has 0 saturated heterocycles. The Labute approximate surface area is 168 Å². The van der Waals surface area contributed by atoms with Gasteiger partial charge >= 0.3 is 0 Å². The Morgan fingerprint density at radius 1 is 1.04 bits per heavy atom. The number of aryl methyl sites for hydroxylation is 2. The van der Waals surface area contributed by atoms with Crippen molar-refractivity contribution in [2.45, 2.75) is 46.6 Å². The summed E-state index contributed by atoms with van der Waals surface area (Å²) in [5, 5.41) is 2.94. The Balaban J connectivity index is 2.27. The van der Waals surface area contributed by atoms with Crippen LogP contribution in [-0.2, 0) is 14.8 Å². The lowest BCUT2D eigenvalue weighted by molar-refractivity contribution is -0.120. The highest BCUT2D eigenvalue weighted by Crippen LogP contribution is 2.29. The molecular formula is C22H30N2O3S. The molecule has 1 amide bonds. The lowest BCUT2D eigenvalue weighted by atomic mass is 10.00. The first-order chi connectivity index (χ1) is 13.0. The van der Waals surface area contributed by atoms with Gasteiger partial charge in [0.05, 0.1) is 18.0 Å². The third-order valence-electron chi connectivity index (χ3n) is 4.79. The summed E-state index contributed by atoms with van der Waals surface area (Å²) in [4.78, 5) is 12.7. The van der Waals surface area contributed by atoms with Crippen molar-refractivity contribution in [1.29, 1.82) is 0 Å². The number of benzene rings is 2. The van der Waals surface area contributed by atoms with Gasteiger partial charge in [-0.05, 0) is 49.4 Å². The zero-order valence-electron chi connectivity index (χ0n) is 17.5. The van der Waals surface area contributed by atoms with Gasteiger partial charge in [0.1, 0.15) is 6.54 Å². The van der Waals surface area contributed by atoms with Gasteiger partial charge in [0.2, 0.25) is 15.9 Å². The average Bonchev–Trinajstić information content (AvgIpc) is 2.60. The Morgan fingerprint density at radius 3 is 2.29 bits per heavy atom. The predicted molar refractivity (Wildman–Crippen MR) is 115 cm³/mol. The lowest BCUT2D eigenvalue weighted by Crippen LogP contribution is -2.41. The van der Waals surface area contributed by atoms with E-state index >= 15 is 0 Å². The molecule has 0 radical (unpaired) electrons. The van der Waals surface area contributed by atoms with E-state index in [-0.39, 0.29) is 24.4 Å². The summed E-state index contributed by atoms with van der Waals surface area (Å²) in [5.41, 5.74) is 4.67. The smallest absolute Gasteiger partial charge is 0.241 e. The number of sulfonamides is 1. The first-order valence-corrected chi connectivity index (χ1v) is 11.3. The highest BCUT2D eigenvalue weighted by Gasteiger charge is 2.24. The molecule has 2 aromatic rings. The summed E-state index contributed by atoms with van der Waals surface area (Å²) in [7, 11) is -3.61. The Hall–Kier alpha value is -2.34. The van der Waals surface area contributed by atoms with E-state index in [1.54, 1.807) is 12.1 Å². The summed E-state index contributed by atoms with van der Waals surface area (Å²) in [6.07, 6.45) is 1.13. The van der Waals surface area contributed by atoms with Gasteiger partial charge in [0.25, 0.3) is 0 Å². The van der Waals surface area contributed by atoms with Gasteiger partial charge in [-0.15, -0.1) is 0 Å². The molecule has 0 heterocycles. The molecule has 5 nitrogen and oxygen atoms in total. The lowest BCUT2D eigenvalue weighted by Gasteiger charge is -2.26. The van der Waals surface area contributed by atoms with E-state index in [4.69, 9.17) is 0 Å². The molecule has 0 unspecified atom stereocenters. The van der Waals surface area contributed by atoms with Crippen molar-refractivity contribution in [2.75, 3.05) is 17.1 Å². The molecule has 1 N–H and O–H groups in total. The van der Waals surface area contributed by atoms with Crippen molar-refractivity contribution in [1.82, 2.24) is 5.32 Å². The molecule has 2 rings (SSSR count). The number of para-hydroxylation sites is 1. The molecule has 0 aliphatic carbocycles. The van der Waals surface area contributed by atoms with Crippen LogP contribution < -0.4 is 9.62 Å². The van der Waals surface area contributed by atoms with Crippen molar-refractivity contribution in [2.24, 2.45) is 0 Å². The number of carbonyl (C=O) groups excluding carboxylic acids is 1. The van der Waals surface area contributed by atoms with Gasteiger partial charge in [-0.3, -0.25) is 9.10 Å². The zero-order chi connectivity index (χ0) is 21.1. The van der Waals surface area contributed by atoms with Crippen molar-refractivity contribution >= 4 is 21.6 Å². The van der Waals surface area contributed by atoms with E-state index in [2.05, 4.69) is 5.32 Å². The normalized spacial score (nSPS) is 12.7. The van der Waals surface area contributed by atoms with E-state index in [0.29, 0.717) is 5.69 Å². The number of anilines is 1. The highest BCUT2D eigenvalue weighted by molar-refractivity contribution is 7.92. The molecule has 2 aromatic carbocycles. The van der Waals surface area contributed by atoms with Crippen LogP contribution in [0, 0.1) is 13.8 Å². The van der Waals surface area contributed by atoms with Crippen LogP contribution in [0.25, 0.3) is 0 Å². The van der Waals surface area contributed by atoms with Crippen LogP contribution in [0.1, 0.15) is 55.0 Å². The van der Waals surface area contributed by atoms with Crippen molar-refractivity contribution in [3.8, 4) is 0 Å². The second-order valence-electron chi connectivity index (χ2n) is 7.63. The number of nitrogens with one attached hydrogen (secondary N) is 1. The van der Waals surface area contributed by atoms with Gasteiger partial charge in [-0.25, -0.2) is 8.42 Å². The molecule has 0 saturated carbocycles. The summed E-state index contributed by atoms with van der Waals surface area (Å²) < 4.78 is 26.1. The zero-order valence-corrected chi connectivity index (χ0v) is 18.3. The minimum Gasteiger partial charge on any atom is -0.348 e. The maximum atomic E-state index is 12.7. The molecule has 6 heteroatoms. The number of hydrogen-bond acceptors (Lipinski definition) is 3. The van der Waals surface area contributed by atoms with Crippen LogP contribution in [0.4, 0.5) is 5.69 Å². The third kappa shape index (κ3) is 5.35. The molecule has 0 spiro atoms. The molecule has 0 aliphatic heterocycles. The van der Waals surface area contributed by atoms with Crippen molar-refractivity contribution in [3.05, 3.63) is 64.7 Å². The second-order valence-corrected chi connectivity index (χ2v) is 9.54. The summed E-state index contributed by atoms with van der Waals surface area (Å²) in [6, 6.07) is 13.2. The molecular weight excluding hydrogens is 372 g/mol. The van der Waals surface area contributed by atoms with Gasteiger partial charge in [0.15, 0.2) is 0 Å².